The summed E-state index contributed by atoms with van der Waals surface area (Å²) in [6, 6.07) is 10.9. The maximum atomic E-state index is 3.47. The topological polar surface area (TPSA) is 17.0 Å². The SMILES string of the molecule is CCCn1ccc(CNc2ccc(C(C)C)cc2)c1. The third kappa shape index (κ3) is 3.88. The van der Waals surface area contributed by atoms with Gasteiger partial charge in [0.15, 0.2) is 0 Å². The van der Waals surface area contributed by atoms with Gasteiger partial charge in [-0.15, -0.1) is 0 Å². The highest BCUT2D eigenvalue weighted by atomic mass is 14.9. The monoisotopic (exact) mass is 256 g/mol. The summed E-state index contributed by atoms with van der Waals surface area (Å²) in [6.07, 6.45) is 5.56. The van der Waals surface area contributed by atoms with Crippen molar-refractivity contribution in [2.75, 3.05) is 5.32 Å². The van der Waals surface area contributed by atoms with E-state index in [1.807, 2.05) is 0 Å². The minimum atomic E-state index is 0.595. The van der Waals surface area contributed by atoms with Gasteiger partial charge in [-0.1, -0.05) is 32.9 Å². The highest BCUT2D eigenvalue weighted by molar-refractivity contribution is 5.45. The fourth-order valence-electron chi connectivity index (χ4n) is 2.18. The first kappa shape index (κ1) is 13.7. The normalized spacial score (nSPS) is 10.9. The molecule has 2 heteroatoms. The Morgan fingerprint density at radius 1 is 1.11 bits per heavy atom. The average Bonchev–Trinajstić information content (AvgIpc) is 2.85. The van der Waals surface area contributed by atoms with Gasteiger partial charge in [-0.2, -0.15) is 0 Å². The predicted octanol–water partition coefficient (Wildman–Crippen LogP) is 4.63. The molecule has 0 aliphatic heterocycles. The van der Waals surface area contributed by atoms with E-state index in [1.54, 1.807) is 0 Å². The van der Waals surface area contributed by atoms with Crippen LogP contribution in [-0.4, -0.2) is 4.57 Å². The lowest BCUT2D eigenvalue weighted by Crippen LogP contribution is -1.99. The summed E-state index contributed by atoms with van der Waals surface area (Å²) in [4.78, 5) is 0. The second kappa shape index (κ2) is 6.46. The zero-order chi connectivity index (χ0) is 13.7. The Morgan fingerprint density at radius 3 is 2.47 bits per heavy atom. The van der Waals surface area contributed by atoms with Crippen LogP contribution in [0.25, 0.3) is 0 Å². The van der Waals surface area contributed by atoms with Crippen molar-refractivity contribution in [3.05, 3.63) is 53.9 Å². The third-order valence-electron chi connectivity index (χ3n) is 3.37. The van der Waals surface area contributed by atoms with Gasteiger partial charge in [0, 0.05) is 31.2 Å². The van der Waals surface area contributed by atoms with Crippen molar-refractivity contribution in [2.24, 2.45) is 0 Å². The van der Waals surface area contributed by atoms with Gasteiger partial charge in [-0.25, -0.2) is 0 Å². The first-order valence-electron chi connectivity index (χ1n) is 7.17. The first-order valence-corrected chi connectivity index (χ1v) is 7.17. The van der Waals surface area contributed by atoms with Crippen LogP contribution in [0.5, 0.6) is 0 Å². The summed E-state index contributed by atoms with van der Waals surface area (Å²) in [7, 11) is 0. The summed E-state index contributed by atoms with van der Waals surface area (Å²) in [6.45, 7) is 8.63. The third-order valence-corrected chi connectivity index (χ3v) is 3.37. The molecule has 0 saturated heterocycles. The molecule has 0 aliphatic carbocycles. The van der Waals surface area contributed by atoms with Crippen LogP contribution in [0.2, 0.25) is 0 Å². The summed E-state index contributed by atoms with van der Waals surface area (Å²) < 4.78 is 2.25. The summed E-state index contributed by atoms with van der Waals surface area (Å²) >= 11 is 0. The number of aryl methyl sites for hydroxylation is 1. The Hall–Kier alpha value is -1.70. The quantitative estimate of drug-likeness (QED) is 0.797. The van der Waals surface area contributed by atoms with Gasteiger partial charge in [0.1, 0.15) is 0 Å². The molecule has 1 aromatic heterocycles. The van der Waals surface area contributed by atoms with E-state index in [4.69, 9.17) is 0 Å². The van der Waals surface area contributed by atoms with Gasteiger partial charge in [0.25, 0.3) is 0 Å². The highest BCUT2D eigenvalue weighted by Gasteiger charge is 2.00. The van der Waals surface area contributed by atoms with Crippen LogP contribution in [0.15, 0.2) is 42.7 Å². The van der Waals surface area contributed by atoms with Crippen molar-refractivity contribution in [3.8, 4) is 0 Å². The van der Waals surface area contributed by atoms with Gasteiger partial charge in [0.2, 0.25) is 0 Å². The van der Waals surface area contributed by atoms with Crippen LogP contribution in [0, 0.1) is 0 Å². The molecule has 0 fully saturated rings. The zero-order valence-electron chi connectivity index (χ0n) is 12.2. The number of benzene rings is 1. The van der Waals surface area contributed by atoms with E-state index < -0.39 is 0 Å². The molecule has 0 amide bonds. The van der Waals surface area contributed by atoms with E-state index in [0.29, 0.717) is 5.92 Å². The lowest BCUT2D eigenvalue weighted by molar-refractivity contribution is 0.682. The van der Waals surface area contributed by atoms with Crippen LogP contribution in [-0.2, 0) is 13.1 Å². The molecule has 2 nitrogen and oxygen atoms in total. The molecule has 0 bridgehead atoms. The maximum Gasteiger partial charge on any atom is 0.0415 e. The predicted molar refractivity (Wildman–Crippen MR) is 82.6 cm³/mol. The highest BCUT2D eigenvalue weighted by Crippen LogP contribution is 2.17. The largest absolute Gasteiger partial charge is 0.381 e. The molecule has 0 atom stereocenters. The van der Waals surface area contributed by atoms with E-state index in [-0.39, 0.29) is 0 Å². The maximum absolute atomic E-state index is 3.47. The lowest BCUT2D eigenvalue weighted by atomic mass is 10.0. The molecule has 0 aliphatic rings. The number of aromatic nitrogens is 1. The van der Waals surface area contributed by atoms with Crippen molar-refractivity contribution < 1.29 is 0 Å². The lowest BCUT2D eigenvalue weighted by Gasteiger charge is -2.08. The number of rotatable bonds is 6. The van der Waals surface area contributed by atoms with Gasteiger partial charge < -0.3 is 9.88 Å². The molecule has 2 aromatic rings. The number of hydrogen-bond acceptors (Lipinski definition) is 1. The molecule has 102 valence electrons. The number of anilines is 1. The van der Waals surface area contributed by atoms with Gasteiger partial charge in [-0.05, 0) is 41.7 Å². The number of nitrogens with one attached hydrogen (secondary N) is 1. The summed E-state index contributed by atoms with van der Waals surface area (Å²) in [5.74, 6) is 0.595. The van der Waals surface area contributed by atoms with E-state index in [9.17, 15) is 0 Å². The molecule has 0 spiro atoms. The number of nitrogens with zero attached hydrogens (tertiary/aromatic N) is 1. The molecule has 0 unspecified atom stereocenters. The second-order valence-corrected chi connectivity index (χ2v) is 5.39. The van der Waals surface area contributed by atoms with Gasteiger partial charge >= 0.3 is 0 Å². The first-order chi connectivity index (χ1) is 9.19. The van der Waals surface area contributed by atoms with Crippen molar-refractivity contribution in [1.82, 2.24) is 4.57 Å². The Kier molecular flexibility index (Phi) is 4.67. The van der Waals surface area contributed by atoms with Crippen LogP contribution in [0.3, 0.4) is 0 Å². The molecular weight excluding hydrogens is 232 g/mol. The zero-order valence-corrected chi connectivity index (χ0v) is 12.2. The van der Waals surface area contributed by atoms with E-state index in [0.717, 1.165) is 13.1 Å². The second-order valence-electron chi connectivity index (χ2n) is 5.39. The molecule has 0 saturated carbocycles. The summed E-state index contributed by atoms with van der Waals surface area (Å²) in [5.41, 5.74) is 3.91. The molecule has 2 rings (SSSR count). The van der Waals surface area contributed by atoms with Crippen LogP contribution in [0.1, 0.15) is 44.2 Å². The van der Waals surface area contributed by atoms with E-state index >= 15 is 0 Å². The average molecular weight is 256 g/mol. The van der Waals surface area contributed by atoms with Crippen molar-refractivity contribution >= 4 is 5.69 Å². The standard InChI is InChI=1S/C17H24N2/c1-4-10-19-11-9-15(13-19)12-18-17-7-5-16(6-8-17)14(2)3/h5-9,11,13-14,18H,4,10,12H2,1-3H3. The van der Waals surface area contributed by atoms with Crippen LogP contribution >= 0.6 is 0 Å². The molecule has 0 radical (unpaired) electrons. The van der Waals surface area contributed by atoms with Gasteiger partial charge in [0.05, 0.1) is 0 Å². The fraction of sp³-hybridized carbons (Fsp3) is 0.412. The van der Waals surface area contributed by atoms with Crippen molar-refractivity contribution in [1.29, 1.82) is 0 Å². The molecular formula is C17H24N2. The number of hydrogen-bond donors (Lipinski definition) is 1. The molecule has 1 heterocycles. The minimum absolute atomic E-state index is 0.595. The Labute approximate surface area is 116 Å². The molecule has 19 heavy (non-hydrogen) atoms. The Balaban J connectivity index is 1.90. The van der Waals surface area contributed by atoms with E-state index in [2.05, 4.69) is 73.4 Å². The molecule has 1 N–H and O–H groups in total. The molecule has 1 aromatic carbocycles. The van der Waals surface area contributed by atoms with Crippen LogP contribution in [0.4, 0.5) is 5.69 Å². The van der Waals surface area contributed by atoms with E-state index in [1.165, 1.54) is 23.2 Å². The van der Waals surface area contributed by atoms with Crippen molar-refractivity contribution in [2.45, 2.75) is 46.2 Å². The Morgan fingerprint density at radius 2 is 1.84 bits per heavy atom. The summed E-state index contributed by atoms with van der Waals surface area (Å²) in [5, 5.41) is 3.47. The van der Waals surface area contributed by atoms with Crippen LogP contribution < -0.4 is 5.32 Å². The smallest absolute Gasteiger partial charge is 0.0415 e. The van der Waals surface area contributed by atoms with Gasteiger partial charge in [-0.3, -0.25) is 0 Å². The fourth-order valence-corrected chi connectivity index (χ4v) is 2.18. The van der Waals surface area contributed by atoms with Crippen molar-refractivity contribution in [3.63, 3.8) is 0 Å². The minimum Gasteiger partial charge on any atom is -0.381 e. The Bertz CT molecular complexity index is 494.